The molecule has 1 aliphatic rings. The van der Waals surface area contributed by atoms with Crippen LogP contribution in [0.5, 0.6) is 0 Å². The molecule has 0 saturated carbocycles. The molecule has 0 aliphatic carbocycles. The lowest BCUT2D eigenvalue weighted by Gasteiger charge is -2.23. The SMILES string of the molecule is CCC(COC)NCc1cccc2c1NCCC2. The highest BCUT2D eigenvalue weighted by Gasteiger charge is 2.13. The van der Waals surface area contributed by atoms with Crippen LogP contribution in [-0.2, 0) is 17.7 Å². The number of rotatable bonds is 6. The first-order valence-corrected chi connectivity index (χ1v) is 6.92. The number of nitrogens with one attached hydrogen (secondary N) is 2. The van der Waals surface area contributed by atoms with Crippen LogP contribution in [-0.4, -0.2) is 26.3 Å². The van der Waals surface area contributed by atoms with Crippen LogP contribution in [0, 0.1) is 0 Å². The zero-order valence-electron chi connectivity index (χ0n) is 11.5. The highest BCUT2D eigenvalue weighted by atomic mass is 16.5. The second-order valence-corrected chi connectivity index (χ2v) is 4.92. The molecule has 3 nitrogen and oxygen atoms in total. The van der Waals surface area contributed by atoms with Crippen molar-refractivity contribution in [2.75, 3.05) is 25.6 Å². The summed E-state index contributed by atoms with van der Waals surface area (Å²) in [4.78, 5) is 0. The summed E-state index contributed by atoms with van der Waals surface area (Å²) in [6, 6.07) is 7.05. The summed E-state index contributed by atoms with van der Waals surface area (Å²) in [5.41, 5.74) is 4.19. The van der Waals surface area contributed by atoms with E-state index in [0.717, 1.165) is 26.1 Å². The number of para-hydroxylation sites is 1. The van der Waals surface area contributed by atoms with Crippen molar-refractivity contribution >= 4 is 5.69 Å². The zero-order valence-corrected chi connectivity index (χ0v) is 11.5. The Hall–Kier alpha value is -1.06. The van der Waals surface area contributed by atoms with E-state index in [1.165, 1.54) is 29.7 Å². The van der Waals surface area contributed by atoms with Gasteiger partial charge >= 0.3 is 0 Å². The molecule has 2 rings (SSSR count). The molecule has 1 heterocycles. The molecule has 0 radical (unpaired) electrons. The van der Waals surface area contributed by atoms with Crippen molar-refractivity contribution in [1.29, 1.82) is 0 Å². The Balaban J connectivity index is 2.00. The van der Waals surface area contributed by atoms with Gasteiger partial charge in [0.15, 0.2) is 0 Å². The van der Waals surface area contributed by atoms with Crippen LogP contribution in [0.1, 0.15) is 30.9 Å². The molecule has 100 valence electrons. The highest BCUT2D eigenvalue weighted by Crippen LogP contribution is 2.25. The first-order valence-electron chi connectivity index (χ1n) is 6.92. The lowest BCUT2D eigenvalue weighted by molar-refractivity contribution is 0.164. The normalized spacial score (nSPS) is 15.9. The molecule has 1 aliphatic heterocycles. The zero-order chi connectivity index (χ0) is 12.8. The number of ether oxygens (including phenoxy) is 1. The van der Waals surface area contributed by atoms with Crippen molar-refractivity contribution < 1.29 is 4.74 Å². The van der Waals surface area contributed by atoms with Crippen molar-refractivity contribution in [2.24, 2.45) is 0 Å². The molecule has 0 amide bonds. The molecular weight excluding hydrogens is 224 g/mol. The van der Waals surface area contributed by atoms with Crippen LogP contribution in [0.4, 0.5) is 5.69 Å². The Kier molecular flexibility index (Phi) is 5.02. The molecular formula is C15H24N2O. The minimum atomic E-state index is 0.439. The van der Waals surface area contributed by atoms with Crippen LogP contribution in [0.3, 0.4) is 0 Å². The molecule has 0 fully saturated rings. The van der Waals surface area contributed by atoms with Gasteiger partial charge in [0, 0.05) is 31.9 Å². The average Bonchev–Trinajstić information content (AvgIpc) is 2.43. The minimum absolute atomic E-state index is 0.439. The summed E-state index contributed by atoms with van der Waals surface area (Å²) in [5.74, 6) is 0. The second-order valence-electron chi connectivity index (χ2n) is 4.92. The molecule has 1 aromatic carbocycles. The van der Waals surface area contributed by atoms with Crippen LogP contribution >= 0.6 is 0 Å². The van der Waals surface area contributed by atoms with Gasteiger partial charge in [0.1, 0.15) is 0 Å². The predicted molar refractivity (Wildman–Crippen MR) is 76.0 cm³/mol. The molecule has 1 aromatic rings. The maximum atomic E-state index is 5.22. The average molecular weight is 248 g/mol. The summed E-state index contributed by atoms with van der Waals surface area (Å²) in [7, 11) is 1.76. The molecule has 3 heteroatoms. The lowest BCUT2D eigenvalue weighted by atomic mass is 9.99. The first kappa shape index (κ1) is 13.4. The van der Waals surface area contributed by atoms with Gasteiger partial charge in [-0.2, -0.15) is 0 Å². The van der Waals surface area contributed by atoms with Gasteiger partial charge < -0.3 is 15.4 Å². The molecule has 0 bridgehead atoms. The van der Waals surface area contributed by atoms with Crippen molar-refractivity contribution in [3.8, 4) is 0 Å². The van der Waals surface area contributed by atoms with Crippen LogP contribution < -0.4 is 10.6 Å². The Morgan fingerprint density at radius 2 is 2.33 bits per heavy atom. The number of aryl methyl sites for hydroxylation is 1. The molecule has 1 atom stereocenters. The van der Waals surface area contributed by atoms with Crippen molar-refractivity contribution in [3.63, 3.8) is 0 Å². The largest absolute Gasteiger partial charge is 0.385 e. The van der Waals surface area contributed by atoms with E-state index in [4.69, 9.17) is 4.74 Å². The fraction of sp³-hybridized carbons (Fsp3) is 0.600. The lowest BCUT2D eigenvalue weighted by Crippen LogP contribution is -2.32. The van der Waals surface area contributed by atoms with Crippen LogP contribution in [0.15, 0.2) is 18.2 Å². The van der Waals surface area contributed by atoms with E-state index in [2.05, 4.69) is 35.8 Å². The van der Waals surface area contributed by atoms with Crippen molar-refractivity contribution in [2.45, 2.75) is 38.8 Å². The van der Waals surface area contributed by atoms with E-state index in [1.807, 2.05) is 0 Å². The van der Waals surface area contributed by atoms with Crippen molar-refractivity contribution in [1.82, 2.24) is 5.32 Å². The number of hydrogen-bond acceptors (Lipinski definition) is 3. The van der Waals surface area contributed by atoms with Gasteiger partial charge in [-0.1, -0.05) is 25.1 Å². The Labute approximate surface area is 110 Å². The van der Waals surface area contributed by atoms with Crippen LogP contribution in [0.2, 0.25) is 0 Å². The number of methoxy groups -OCH3 is 1. The van der Waals surface area contributed by atoms with E-state index in [0.29, 0.717) is 6.04 Å². The van der Waals surface area contributed by atoms with Gasteiger partial charge in [-0.25, -0.2) is 0 Å². The third kappa shape index (κ3) is 3.24. The van der Waals surface area contributed by atoms with E-state index in [-0.39, 0.29) is 0 Å². The smallest absolute Gasteiger partial charge is 0.0615 e. The molecule has 0 aromatic heterocycles. The molecule has 0 spiro atoms. The predicted octanol–water partition coefficient (Wildman–Crippen LogP) is 2.56. The van der Waals surface area contributed by atoms with Crippen LogP contribution in [0.25, 0.3) is 0 Å². The second kappa shape index (κ2) is 6.76. The Morgan fingerprint density at radius 3 is 3.11 bits per heavy atom. The Morgan fingerprint density at radius 1 is 1.44 bits per heavy atom. The standard InChI is InChI=1S/C15H24N2O/c1-3-14(11-18-2)17-10-13-7-4-6-12-8-5-9-16-15(12)13/h4,6-7,14,16-17H,3,5,8-11H2,1-2H3. The van der Waals surface area contributed by atoms with E-state index in [1.54, 1.807) is 7.11 Å². The summed E-state index contributed by atoms with van der Waals surface area (Å²) >= 11 is 0. The van der Waals surface area contributed by atoms with Gasteiger partial charge in [0.2, 0.25) is 0 Å². The first-order chi connectivity index (χ1) is 8.85. The Bertz CT molecular complexity index is 379. The van der Waals surface area contributed by atoms with Gasteiger partial charge in [0.25, 0.3) is 0 Å². The monoisotopic (exact) mass is 248 g/mol. The number of anilines is 1. The number of benzene rings is 1. The van der Waals surface area contributed by atoms with E-state index >= 15 is 0 Å². The third-order valence-electron chi connectivity index (χ3n) is 3.60. The third-order valence-corrected chi connectivity index (χ3v) is 3.60. The highest BCUT2D eigenvalue weighted by molar-refractivity contribution is 5.59. The summed E-state index contributed by atoms with van der Waals surface area (Å²) < 4.78 is 5.22. The fourth-order valence-corrected chi connectivity index (χ4v) is 2.50. The number of hydrogen-bond donors (Lipinski definition) is 2. The van der Waals surface area contributed by atoms with E-state index < -0.39 is 0 Å². The van der Waals surface area contributed by atoms with Crippen molar-refractivity contribution in [3.05, 3.63) is 29.3 Å². The summed E-state index contributed by atoms with van der Waals surface area (Å²) in [6.07, 6.45) is 3.53. The fourth-order valence-electron chi connectivity index (χ4n) is 2.50. The minimum Gasteiger partial charge on any atom is -0.385 e. The number of fused-ring (bicyclic) bond motifs is 1. The van der Waals surface area contributed by atoms with Gasteiger partial charge in [0.05, 0.1) is 6.61 Å². The van der Waals surface area contributed by atoms with E-state index in [9.17, 15) is 0 Å². The molecule has 18 heavy (non-hydrogen) atoms. The molecule has 2 N–H and O–H groups in total. The molecule has 0 saturated heterocycles. The van der Waals surface area contributed by atoms with Gasteiger partial charge in [-0.3, -0.25) is 0 Å². The quantitative estimate of drug-likeness (QED) is 0.811. The molecule has 1 unspecified atom stereocenters. The maximum Gasteiger partial charge on any atom is 0.0615 e. The van der Waals surface area contributed by atoms with Gasteiger partial charge in [-0.05, 0) is 30.4 Å². The maximum absolute atomic E-state index is 5.22. The van der Waals surface area contributed by atoms with Gasteiger partial charge in [-0.15, -0.1) is 0 Å². The summed E-state index contributed by atoms with van der Waals surface area (Å²) in [5, 5.41) is 7.11. The topological polar surface area (TPSA) is 33.3 Å². The summed E-state index contributed by atoms with van der Waals surface area (Å²) in [6.45, 7) is 4.98.